The lowest BCUT2D eigenvalue weighted by Crippen LogP contribution is -2.06. The molecule has 0 saturated heterocycles. The molecule has 1 N–H and O–H groups in total. The van der Waals surface area contributed by atoms with Gasteiger partial charge in [-0.3, -0.25) is 0 Å². The van der Waals surface area contributed by atoms with Crippen molar-refractivity contribution in [3.8, 4) is 0 Å². The lowest BCUT2D eigenvalue weighted by molar-refractivity contribution is -0.141. The monoisotopic (exact) mass is 231 g/mol. The largest absolute Gasteiger partial charge is 0.478 e. The normalized spacial score (nSPS) is 11.9. The summed E-state index contributed by atoms with van der Waals surface area (Å²) in [6.07, 6.45) is -4.66. The first kappa shape index (κ1) is 10.5. The van der Waals surface area contributed by atoms with Gasteiger partial charge in [0, 0.05) is 0 Å². The van der Waals surface area contributed by atoms with Gasteiger partial charge in [-0.05, 0) is 18.2 Å². The standard InChI is InChI=1S/C9H4F3NO3/c10-9(11,12)7-5-3-4(8(14)15)1-2-6(5)16-13-7/h1-3H,(H,14,15). The fourth-order valence-corrected chi connectivity index (χ4v) is 1.28. The van der Waals surface area contributed by atoms with Crippen LogP contribution in [0.25, 0.3) is 11.0 Å². The topological polar surface area (TPSA) is 63.3 Å². The average molecular weight is 231 g/mol. The number of alkyl halides is 3. The molecular formula is C9H4F3NO3. The van der Waals surface area contributed by atoms with Crippen molar-refractivity contribution < 1.29 is 27.6 Å². The SMILES string of the molecule is O=C(O)c1ccc2onc(C(F)(F)F)c2c1. The van der Waals surface area contributed by atoms with Gasteiger partial charge in [-0.2, -0.15) is 13.2 Å². The summed E-state index contributed by atoms with van der Waals surface area (Å²) in [6.45, 7) is 0. The van der Waals surface area contributed by atoms with E-state index in [9.17, 15) is 18.0 Å². The molecule has 0 radical (unpaired) electrons. The highest BCUT2D eigenvalue weighted by molar-refractivity contribution is 5.93. The number of carbonyl (C=O) groups is 1. The predicted octanol–water partition coefficient (Wildman–Crippen LogP) is 2.54. The number of aromatic nitrogens is 1. The van der Waals surface area contributed by atoms with Crippen molar-refractivity contribution in [2.45, 2.75) is 6.18 Å². The number of rotatable bonds is 1. The van der Waals surface area contributed by atoms with Gasteiger partial charge in [0.15, 0.2) is 11.3 Å². The summed E-state index contributed by atoms with van der Waals surface area (Å²) < 4.78 is 41.7. The van der Waals surface area contributed by atoms with Crippen LogP contribution in [0.15, 0.2) is 22.7 Å². The molecule has 0 fully saturated rings. The first-order valence-electron chi connectivity index (χ1n) is 4.09. The van der Waals surface area contributed by atoms with Crippen molar-refractivity contribution in [2.75, 3.05) is 0 Å². The van der Waals surface area contributed by atoms with Crippen LogP contribution in [0.3, 0.4) is 0 Å². The van der Waals surface area contributed by atoms with E-state index in [1.165, 1.54) is 0 Å². The molecule has 0 aliphatic rings. The highest BCUT2D eigenvalue weighted by Gasteiger charge is 2.37. The van der Waals surface area contributed by atoms with Gasteiger partial charge in [-0.1, -0.05) is 5.16 Å². The van der Waals surface area contributed by atoms with Gasteiger partial charge < -0.3 is 9.63 Å². The summed E-state index contributed by atoms with van der Waals surface area (Å²) in [5.41, 5.74) is -1.57. The third kappa shape index (κ3) is 1.60. The molecule has 0 aliphatic carbocycles. The molecule has 1 heterocycles. The molecular weight excluding hydrogens is 227 g/mol. The quantitative estimate of drug-likeness (QED) is 0.819. The Bertz CT molecular complexity index is 559. The number of nitrogens with zero attached hydrogens (tertiary/aromatic N) is 1. The molecule has 1 aromatic carbocycles. The number of halogens is 3. The minimum atomic E-state index is -4.66. The molecule has 2 aromatic rings. The summed E-state index contributed by atoms with van der Waals surface area (Å²) >= 11 is 0. The number of carboxylic acid groups (broad SMARTS) is 1. The Morgan fingerprint density at radius 1 is 1.38 bits per heavy atom. The Hall–Kier alpha value is -2.05. The third-order valence-corrected chi connectivity index (χ3v) is 1.99. The van der Waals surface area contributed by atoms with Gasteiger partial charge in [-0.15, -0.1) is 0 Å². The smallest absolute Gasteiger partial charge is 0.437 e. The molecule has 2 rings (SSSR count). The molecule has 0 atom stereocenters. The highest BCUT2D eigenvalue weighted by Crippen LogP contribution is 2.34. The molecule has 4 nitrogen and oxygen atoms in total. The number of hydrogen-bond acceptors (Lipinski definition) is 3. The van der Waals surface area contributed by atoms with E-state index in [0.717, 1.165) is 18.2 Å². The molecule has 1 aromatic heterocycles. The molecule has 84 valence electrons. The van der Waals surface area contributed by atoms with E-state index in [1.54, 1.807) is 0 Å². The van der Waals surface area contributed by atoms with Crippen molar-refractivity contribution >= 4 is 16.9 Å². The van der Waals surface area contributed by atoms with Gasteiger partial charge in [0.2, 0.25) is 0 Å². The summed E-state index contributed by atoms with van der Waals surface area (Å²) in [7, 11) is 0. The van der Waals surface area contributed by atoms with Crippen LogP contribution in [0.4, 0.5) is 13.2 Å². The molecule has 0 bridgehead atoms. The van der Waals surface area contributed by atoms with E-state index in [-0.39, 0.29) is 16.5 Å². The number of carboxylic acids is 1. The molecule has 0 saturated carbocycles. The number of fused-ring (bicyclic) bond motifs is 1. The maximum Gasteiger partial charge on any atom is 0.437 e. The number of aromatic carboxylic acids is 1. The van der Waals surface area contributed by atoms with E-state index in [1.807, 2.05) is 0 Å². The lowest BCUT2D eigenvalue weighted by atomic mass is 10.1. The summed E-state index contributed by atoms with van der Waals surface area (Å²) in [5.74, 6) is -1.31. The molecule has 0 spiro atoms. The Labute approximate surface area is 86.3 Å². The Morgan fingerprint density at radius 3 is 2.62 bits per heavy atom. The average Bonchev–Trinajstić information content (AvgIpc) is 2.58. The van der Waals surface area contributed by atoms with Crippen LogP contribution in [-0.2, 0) is 6.18 Å². The van der Waals surface area contributed by atoms with Crippen molar-refractivity contribution in [1.82, 2.24) is 5.16 Å². The fraction of sp³-hybridized carbons (Fsp3) is 0.111. The molecule has 16 heavy (non-hydrogen) atoms. The van der Waals surface area contributed by atoms with E-state index < -0.39 is 17.8 Å². The maximum atomic E-state index is 12.4. The first-order chi connectivity index (χ1) is 7.39. The van der Waals surface area contributed by atoms with E-state index in [4.69, 9.17) is 5.11 Å². The molecule has 0 amide bonds. The Balaban J connectivity index is 2.70. The van der Waals surface area contributed by atoms with Gasteiger partial charge in [0.1, 0.15) is 0 Å². The van der Waals surface area contributed by atoms with Gasteiger partial charge >= 0.3 is 12.1 Å². The van der Waals surface area contributed by atoms with E-state index in [2.05, 4.69) is 9.68 Å². The number of hydrogen-bond donors (Lipinski definition) is 1. The Morgan fingerprint density at radius 2 is 2.06 bits per heavy atom. The third-order valence-electron chi connectivity index (χ3n) is 1.99. The summed E-state index contributed by atoms with van der Waals surface area (Å²) in [5, 5.41) is 11.2. The van der Waals surface area contributed by atoms with Crippen LogP contribution in [-0.4, -0.2) is 16.2 Å². The van der Waals surface area contributed by atoms with Crippen LogP contribution in [0.5, 0.6) is 0 Å². The molecule has 0 unspecified atom stereocenters. The van der Waals surface area contributed by atoms with E-state index >= 15 is 0 Å². The molecule has 7 heteroatoms. The zero-order valence-electron chi connectivity index (χ0n) is 7.58. The van der Waals surface area contributed by atoms with Gasteiger partial charge in [0.05, 0.1) is 10.9 Å². The molecule has 0 aliphatic heterocycles. The summed E-state index contributed by atoms with van der Waals surface area (Å²) in [4.78, 5) is 10.6. The zero-order valence-corrected chi connectivity index (χ0v) is 7.58. The fourth-order valence-electron chi connectivity index (χ4n) is 1.28. The minimum absolute atomic E-state index is 0.0997. The summed E-state index contributed by atoms with van der Waals surface area (Å²) in [6, 6.07) is 3.17. The maximum absolute atomic E-state index is 12.4. The van der Waals surface area contributed by atoms with Crippen LogP contribution >= 0.6 is 0 Å². The van der Waals surface area contributed by atoms with Crippen molar-refractivity contribution in [3.63, 3.8) is 0 Å². The van der Waals surface area contributed by atoms with Gasteiger partial charge in [0.25, 0.3) is 0 Å². The van der Waals surface area contributed by atoms with Crippen LogP contribution in [0.2, 0.25) is 0 Å². The predicted molar refractivity (Wildman–Crippen MR) is 46.0 cm³/mol. The highest BCUT2D eigenvalue weighted by atomic mass is 19.4. The van der Waals surface area contributed by atoms with Crippen molar-refractivity contribution in [2.24, 2.45) is 0 Å². The minimum Gasteiger partial charge on any atom is -0.478 e. The second-order valence-corrected chi connectivity index (χ2v) is 3.05. The number of benzene rings is 1. The second kappa shape index (κ2) is 3.22. The van der Waals surface area contributed by atoms with Gasteiger partial charge in [-0.25, -0.2) is 4.79 Å². The van der Waals surface area contributed by atoms with Crippen LogP contribution < -0.4 is 0 Å². The lowest BCUT2D eigenvalue weighted by Gasteiger charge is -2.01. The van der Waals surface area contributed by atoms with E-state index in [0.29, 0.717) is 0 Å². The first-order valence-corrected chi connectivity index (χ1v) is 4.09. The second-order valence-electron chi connectivity index (χ2n) is 3.05. The van der Waals surface area contributed by atoms with Crippen LogP contribution in [0, 0.1) is 0 Å². The zero-order chi connectivity index (χ0) is 11.9. The van der Waals surface area contributed by atoms with Crippen LogP contribution in [0.1, 0.15) is 16.1 Å². The van der Waals surface area contributed by atoms with Crippen molar-refractivity contribution in [3.05, 3.63) is 29.5 Å². The van der Waals surface area contributed by atoms with Crippen molar-refractivity contribution in [1.29, 1.82) is 0 Å². The Kier molecular flexibility index (Phi) is 2.11.